The Morgan fingerprint density at radius 1 is 0.615 bits per heavy atom. The van der Waals surface area contributed by atoms with Crippen molar-refractivity contribution in [1.29, 1.82) is 0 Å². The second-order valence-corrected chi connectivity index (χ2v) is 1.22. The standard InChI is InChI=1S/6H3N.2Ni.H2O4S/c;;;;;;;;1-5(2,3)4/h6*1H3;;;(H2,1,2,3,4)/p-2. The van der Waals surface area contributed by atoms with Gasteiger partial charge in [0.15, 0.2) is 0 Å². The van der Waals surface area contributed by atoms with Crippen molar-refractivity contribution in [3.05, 3.63) is 0 Å². The van der Waals surface area contributed by atoms with Gasteiger partial charge in [-0.15, -0.1) is 0 Å². The van der Waals surface area contributed by atoms with Gasteiger partial charge in [-0.3, -0.25) is 8.42 Å². The molecule has 10 nitrogen and oxygen atoms in total. The first-order valence-electron chi connectivity index (χ1n) is 0.667. The predicted molar refractivity (Wildman–Crippen MR) is 40.6 cm³/mol. The van der Waals surface area contributed by atoms with E-state index in [0.29, 0.717) is 0 Å². The maximum absolute atomic E-state index is 8.52. The molecule has 0 bridgehead atoms. The molecule has 100 valence electrons. The molecule has 0 rings (SSSR count). The van der Waals surface area contributed by atoms with Crippen molar-refractivity contribution < 1.29 is 50.5 Å². The largest absolute Gasteiger partial charge is 0.759 e. The maximum Gasteiger partial charge on any atom is 0.0311 e. The van der Waals surface area contributed by atoms with Crippen molar-refractivity contribution >= 4 is 10.4 Å². The summed E-state index contributed by atoms with van der Waals surface area (Å²) in [7, 11) is -5.17. The summed E-state index contributed by atoms with van der Waals surface area (Å²) in [5.41, 5.74) is 0. The fourth-order valence-electron chi connectivity index (χ4n) is 0. The van der Waals surface area contributed by atoms with Crippen molar-refractivity contribution in [3.8, 4) is 0 Å². The smallest absolute Gasteiger partial charge is 0.0311 e. The van der Waals surface area contributed by atoms with Gasteiger partial charge in [0.2, 0.25) is 0 Å². The summed E-state index contributed by atoms with van der Waals surface area (Å²) in [5, 5.41) is 0. The van der Waals surface area contributed by atoms with Gasteiger partial charge in [0.05, 0.1) is 0 Å². The first-order chi connectivity index (χ1) is 2.00. The van der Waals surface area contributed by atoms with E-state index in [2.05, 4.69) is 0 Å². The van der Waals surface area contributed by atoms with E-state index in [1.807, 2.05) is 0 Å². The summed E-state index contributed by atoms with van der Waals surface area (Å²) in [4.78, 5) is 0. The van der Waals surface area contributed by atoms with Crippen LogP contribution in [-0.2, 0) is 43.4 Å². The predicted octanol–water partition coefficient (Wildman–Crippen LogP) is -0.371. The van der Waals surface area contributed by atoms with Gasteiger partial charge in [0.25, 0.3) is 0 Å². The number of hydrogen-bond acceptors (Lipinski definition) is 10. The third kappa shape index (κ3) is 3740. The van der Waals surface area contributed by atoms with Crippen LogP contribution in [0.5, 0.6) is 0 Å². The fourth-order valence-corrected chi connectivity index (χ4v) is 0. The monoisotopic (exact) mass is 314 g/mol. The van der Waals surface area contributed by atoms with Crippen LogP contribution >= 0.6 is 0 Å². The van der Waals surface area contributed by atoms with E-state index in [4.69, 9.17) is 17.5 Å². The molecule has 0 aromatic heterocycles. The first-order valence-corrected chi connectivity index (χ1v) is 2.00. The van der Waals surface area contributed by atoms with Crippen LogP contribution in [0.25, 0.3) is 0 Å². The molecule has 0 aliphatic carbocycles. The molecule has 13 heteroatoms. The van der Waals surface area contributed by atoms with E-state index in [0.717, 1.165) is 0 Å². The second-order valence-electron chi connectivity index (χ2n) is 0.408. The summed E-state index contributed by atoms with van der Waals surface area (Å²) in [5.74, 6) is 0. The quantitative estimate of drug-likeness (QED) is 0.191. The van der Waals surface area contributed by atoms with Crippen LogP contribution in [0, 0.1) is 0 Å². The molecule has 0 spiro atoms. The van der Waals surface area contributed by atoms with Crippen molar-refractivity contribution in [2.45, 2.75) is 0 Å². The molecule has 0 aliphatic rings. The molecule has 0 amide bonds. The van der Waals surface area contributed by atoms with Crippen LogP contribution in [0.15, 0.2) is 0 Å². The van der Waals surface area contributed by atoms with Crippen molar-refractivity contribution in [2.24, 2.45) is 0 Å². The zero-order valence-corrected chi connectivity index (χ0v) is 9.71. The second kappa shape index (κ2) is 38.9. The topological polar surface area (TPSA) is 290 Å². The van der Waals surface area contributed by atoms with Gasteiger partial charge in [-0.25, -0.2) is 0 Å². The zero-order valence-electron chi connectivity index (χ0n) is 6.92. The third-order valence-corrected chi connectivity index (χ3v) is 0. The molecule has 0 radical (unpaired) electrons. The minimum atomic E-state index is -5.17. The average Bonchev–Trinajstić information content (AvgIpc) is 0.722. The molecule has 0 saturated carbocycles. The molecular weight excluding hydrogens is 297 g/mol. The molecule has 18 N–H and O–H groups in total. The van der Waals surface area contributed by atoms with Crippen LogP contribution in [0.1, 0.15) is 0 Å². The summed E-state index contributed by atoms with van der Waals surface area (Å²) in [6.45, 7) is 0. The Morgan fingerprint density at radius 3 is 0.615 bits per heavy atom. The molecule has 0 unspecified atom stereocenters. The van der Waals surface area contributed by atoms with E-state index >= 15 is 0 Å². The Bertz CT molecular complexity index is 106. The van der Waals surface area contributed by atoms with Gasteiger partial charge < -0.3 is 46.0 Å². The normalized spacial score (nSPS) is 4.46. The third-order valence-electron chi connectivity index (χ3n) is 0. The number of hydrogen-bond donors (Lipinski definition) is 6. The average molecular weight is 316 g/mol. The molecule has 13 heavy (non-hydrogen) atoms. The van der Waals surface area contributed by atoms with Crippen molar-refractivity contribution in [1.82, 2.24) is 36.9 Å². The summed E-state index contributed by atoms with van der Waals surface area (Å²) >= 11 is 0. The van der Waals surface area contributed by atoms with Gasteiger partial charge >= 0.3 is 0 Å². The molecular formula is H18N6Ni2O4S-2. The van der Waals surface area contributed by atoms with Crippen LogP contribution in [-0.4, -0.2) is 17.5 Å². The Hall–Kier alpha value is 0.617. The van der Waals surface area contributed by atoms with E-state index < -0.39 is 10.4 Å². The molecule has 0 aromatic rings. The minimum absolute atomic E-state index is 0. The summed E-state index contributed by atoms with van der Waals surface area (Å²) < 4.78 is 34.1. The summed E-state index contributed by atoms with van der Waals surface area (Å²) in [6, 6.07) is 0. The van der Waals surface area contributed by atoms with E-state index in [1.54, 1.807) is 0 Å². The molecule has 0 saturated heterocycles. The SMILES string of the molecule is N.N.N.N.N.N.O=S(=O)([O-])[O-].[Ni].[Ni]. The van der Waals surface area contributed by atoms with Crippen LogP contribution in [0.4, 0.5) is 0 Å². The first kappa shape index (κ1) is 102. The molecule has 0 aromatic carbocycles. The van der Waals surface area contributed by atoms with Gasteiger partial charge in [0, 0.05) is 43.4 Å². The number of rotatable bonds is 0. The van der Waals surface area contributed by atoms with Crippen molar-refractivity contribution in [2.75, 3.05) is 0 Å². The zero-order chi connectivity index (χ0) is 4.50. The maximum atomic E-state index is 8.52. The van der Waals surface area contributed by atoms with Crippen LogP contribution in [0.2, 0.25) is 0 Å². The van der Waals surface area contributed by atoms with Gasteiger partial charge in [-0.1, -0.05) is 0 Å². The minimum Gasteiger partial charge on any atom is -0.759 e. The Morgan fingerprint density at radius 2 is 0.615 bits per heavy atom. The van der Waals surface area contributed by atoms with E-state index in [1.165, 1.54) is 0 Å². The Labute approximate surface area is 97.9 Å². The van der Waals surface area contributed by atoms with Crippen molar-refractivity contribution in [3.63, 3.8) is 0 Å². The van der Waals surface area contributed by atoms with Gasteiger partial charge in [-0.2, -0.15) is 0 Å². The van der Waals surface area contributed by atoms with Crippen LogP contribution < -0.4 is 36.9 Å². The molecule has 0 fully saturated rings. The fraction of sp³-hybridized carbons (Fsp3) is 0. The van der Waals surface area contributed by atoms with E-state index in [-0.39, 0.29) is 69.9 Å². The molecule has 0 heterocycles. The van der Waals surface area contributed by atoms with Crippen LogP contribution in [0.3, 0.4) is 0 Å². The molecule has 0 aliphatic heterocycles. The van der Waals surface area contributed by atoms with Gasteiger partial charge in [0.1, 0.15) is 0 Å². The molecule has 0 atom stereocenters. The van der Waals surface area contributed by atoms with Gasteiger partial charge in [-0.05, 0) is 0 Å². The Balaban J connectivity index is -0.00000000286. The van der Waals surface area contributed by atoms with E-state index in [9.17, 15) is 0 Å². The summed E-state index contributed by atoms with van der Waals surface area (Å²) in [6.07, 6.45) is 0. The Kier molecular flexibility index (Phi) is 304.